The Hall–Kier alpha value is 7.88. The normalized spacial score (nSPS) is 1.50. The molecule has 0 atom stereocenters. The zero-order chi connectivity index (χ0) is 3.58. The number of hydrogen-bond donors (Lipinski definition) is 2. The van der Waals surface area contributed by atoms with E-state index in [-0.39, 0.29) is 253 Å². The monoisotopic (exact) mass is 1250 g/mol. The molecule has 96 valence electrons. The molecular weight excluding hydrogens is 1230 g/mol. The Balaban J connectivity index is -0.000000000682. The Kier molecular flexibility index (Phi) is 611. The van der Waals surface area contributed by atoms with Gasteiger partial charge < -0.3 is 9.59 Å². The van der Waals surface area contributed by atoms with Crippen LogP contribution >= 0.6 is 0 Å². The van der Waals surface area contributed by atoms with Gasteiger partial charge in [-0.05, 0) is 0 Å². The van der Waals surface area contributed by atoms with E-state index in [1.54, 1.807) is 0 Å². The molecular formula is H2Mo12O3Si. The fourth-order valence-corrected chi connectivity index (χ4v) is 0. The summed E-state index contributed by atoms with van der Waals surface area (Å²) in [7, 11) is -3.13. The molecule has 0 saturated heterocycles. The van der Waals surface area contributed by atoms with E-state index in [0.717, 1.165) is 0 Å². The van der Waals surface area contributed by atoms with E-state index in [9.17, 15) is 0 Å². The Morgan fingerprint density at radius 1 is 0.438 bits per heavy atom. The summed E-state index contributed by atoms with van der Waals surface area (Å²) in [6, 6.07) is 0. The van der Waals surface area contributed by atoms with Crippen LogP contribution in [-0.4, -0.2) is 18.8 Å². The molecule has 0 spiro atoms. The van der Waals surface area contributed by atoms with Crippen molar-refractivity contribution in [3.63, 3.8) is 0 Å². The minimum Gasteiger partial charge on any atom is -0.511 e. The molecule has 2 N–H and O–H groups in total. The van der Waals surface area contributed by atoms with Gasteiger partial charge in [0.2, 0.25) is 0 Å². The Bertz CT molecular complexity index is 39.2. The molecule has 0 fully saturated rings. The number of rotatable bonds is 0. The van der Waals surface area contributed by atoms with Crippen LogP contribution in [0.5, 0.6) is 0 Å². The summed E-state index contributed by atoms with van der Waals surface area (Å²) in [6.45, 7) is 0. The SMILES string of the molecule is O=[Si](O)O.[Mo].[Mo].[Mo].[Mo].[Mo].[Mo].[Mo].[Mo].[Mo].[Mo].[Mo].[Mo]. The van der Waals surface area contributed by atoms with E-state index in [1.807, 2.05) is 0 Å². The van der Waals surface area contributed by atoms with Crippen LogP contribution in [0.1, 0.15) is 0 Å². The molecule has 0 unspecified atom stereocenters. The molecule has 0 radical (unpaired) electrons. The maximum atomic E-state index is 8.74. The first-order valence-corrected chi connectivity index (χ1v) is 1.95. The predicted octanol–water partition coefficient (Wildman–Crippen LogP) is -1.64. The Labute approximate surface area is 269 Å². The summed E-state index contributed by atoms with van der Waals surface area (Å²) in [5.41, 5.74) is 0. The van der Waals surface area contributed by atoms with Crippen molar-refractivity contribution in [3.8, 4) is 0 Å². The minimum atomic E-state index is -3.13. The topological polar surface area (TPSA) is 57.5 Å². The second-order valence-corrected chi connectivity index (χ2v) is 0.848. The second-order valence-electron chi connectivity index (χ2n) is 0.283. The van der Waals surface area contributed by atoms with Gasteiger partial charge in [0.1, 0.15) is 0 Å². The van der Waals surface area contributed by atoms with Crippen LogP contribution in [-0.2, 0) is 257 Å². The quantitative estimate of drug-likeness (QED) is 0.287. The van der Waals surface area contributed by atoms with Gasteiger partial charge in [-0.1, -0.05) is 0 Å². The van der Waals surface area contributed by atoms with Gasteiger partial charge in [-0.3, -0.25) is 4.46 Å². The predicted molar refractivity (Wildman–Crippen MR) is 10.9 cm³/mol. The van der Waals surface area contributed by atoms with Crippen molar-refractivity contribution in [2.24, 2.45) is 0 Å². The smallest absolute Gasteiger partial charge is 0.511 e. The molecule has 0 aliphatic carbocycles. The average Bonchev–Trinajstić information content (AvgIpc) is 0.811. The zero-order valence-electron chi connectivity index (χ0n) is 6.70. The van der Waals surface area contributed by atoms with Gasteiger partial charge in [-0.25, -0.2) is 0 Å². The first kappa shape index (κ1) is 106. The van der Waals surface area contributed by atoms with E-state index in [1.165, 1.54) is 0 Å². The van der Waals surface area contributed by atoms with Crippen LogP contribution in [0, 0.1) is 0 Å². The van der Waals surface area contributed by atoms with Crippen molar-refractivity contribution in [2.45, 2.75) is 0 Å². The first-order valence-electron chi connectivity index (χ1n) is 0.651. The molecule has 0 saturated carbocycles. The van der Waals surface area contributed by atoms with Crippen molar-refractivity contribution >= 4 is 9.17 Å². The molecule has 0 aliphatic heterocycles. The van der Waals surface area contributed by atoms with E-state index in [2.05, 4.69) is 0 Å². The second kappa shape index (κ2) is 92.5. The molecule has 0 rings (SSSR count). The maximum absolute atomic E-state index is 8.74. The van der Waals surface area contributed by atoms with Gasteiger partial charge in [-0.2, -0.15) is 0 Å². The van der Waals surface area contributed by atoms with E-state index >= 15 is 0 Å². The standard InChI is InChI=1S/12Mo.H2O3Si/c;;;;;;;;;;;;1-4(2)3/h;;;;;;;;;;;;1-2H. The average molecular weight is 1230 g/mol. The van der Waals surface area contributed by atoms with Crippen molar-refractivity contribution in [1.82, 2.24) is 0 Å². The van der Waals surface area contributed by atoms with Crippen LogP contribution in [0.4, 0.5) is 0 Å². The fraction of sp³-hybridized carbons (Fsp3) is 0. The molecule has 0 aromatic rings. The van der Waals surface area contributed by atoms with Crippen molar-refractivity contribution < 1.29 is 267 Å². The first-order chi connectivity index (χ1) is 1.73. The van der Waals surface area contributed by atoms with Gasteiger partial charge in [-0.15, -0.1) is 0 Å². The Morgan fingerprint density at radius 3 is 0.438 bits per heavy atom. The minimum absolute atomic E-state index is 0. The molecule has 16 heteroatoms. The van der Waals surface area contributed by atoms with Crippen LogP contribution in [0.3, 0.4) is 0 Å². The molecule has 0 bridgehead atoms. The van der Waals surface area contributed by atoms with E-state index in [0.29, 0.717) is 0 Å². The van der Waals surface area contributed by atoms with Gasteiger partial charge in [0.25, 0.3) is 0 Å². The molecule has 0 aliphatic rings. The summed E-state index contributed by atoms with van der Waals surface area (Å²) >= 11 is 0. The summed E-state index contributed by atoms with van der Waals surface area (Å²) in [6.07, 6.45) is 0. The van der Waals surface area contributed by atoms with Crippen molar-refractivity contribution in [1.29, 1.82) is 0 Å². The Morgan fingerprint density at radius 2 is 0.438 bits per heavy atom. The third-order valence-electron chi connectivity index (χ3n) is 0. The summed E-state index contributed by atoms with van der Waals surface area (Å²) in [5.74, 6) is 0. The molecule has 3 nitrogen and oxygen atoms in total. The van der Waals surface area contributed by atoms with Gasteiger partial charge in [0.15, 0.2) is 0 Å². The van der Waals surface area contributed by atoms with Gasteiger partial charge >= 0.3 is 9.17 Å². The van der Waals surface area contributed by atoms with Crippen LogP contribution in [0.2, 0.25) is 0 Å². The van der Waals surface area contributed by atoms with Crippen LogP contribution in [0.25, 0.3) is 0 Å². The fourth-order valence-electron chi connectivity index (χ4n) is 0. The zero-order valence-corrected chi connectivity index (χ0v) is 31.8. The van der Waals surface area contributed by atoms with E-state index < -0.39 is 9.17 Å². The third kappa shape index (κ3) is 154. The third-order valence-corrected chi connectivity index (χ3v) is 0. The van der Waals surface area contributed by atoms with Crippen molar-refractivity contribution in [3.05, 3.63) is 0 Å². The molecule has 0 aromatic heterocycles. The van der Waals surface area contributed by atoms with Crippen molar-refractivity contribution in [2.75, 3.05) is 0 Å². The molecule has 0 heterocycles. The van der Waals surface area contributed by atoms with E-state index in [4.69, 9.17) is 14.1 Å². The number of hydrogen-bond acceptors (Lipinski definition) is 1. The summed E-state index contributed by atoms with van der Waals surface area (Å²) in [5, 5.41) is 0. The molecule has 0 amide bonds. The van der Waals surface area contributed by atoms with Crippen LogP contribution in [0.15, 0.2) is 0 Å². The van der Waals surface area contributed by atoms with Gasteiger partial charge in [0, 0.05) is 253 Å². The molecule has 0 aromatic carbocycles. The van der Waals surface area contributed by atoms with Crippen LogP contribution < -0.4 is 0 Å². The maximum Gasteiger partial charge on any atom is 0.761 e. The largest absolute Gasteiger partial charge is 0.761 e. The van der Waals surface area contributed by atoms with Gasteiger partial charge in [0.05, 0.1) is 0 Å². The summed E-state index contributed by atoms with van der Waals surface area (Å²) in [4.78, 5) is 14.3. The molecule has 16 heavy (non-hydrogen) atoms. The summed E-state index contributed by atoms with van der Waals surface area (Å²) < 4.78 is 8.74.